The van der Waals surface area contributed by atoms with E-state index in [1.165, 1.54) is 0 Å². The normalized spacial score (nSPS) is 12.7. The molecule has 0 aliphatic rings. The van der Waals surface area contributed by atoms with Gasteiger partial charge >= 0.3 is 0 Å². The average Bonchev–Trinajstić information content (AvgIpc) is 3.19. The van der Waals surface area contributed by atoms with E-state index in [0.717, 1.165) is 22.7 Å². The van der Waals surface area contributed by atoms with Crippen LogP contribution in [0.1, 0.15) is 44.4 Å². The first-order valence-electron chi connectivity index (χ1n) is 8.28. The number of amides is 1. The molecule has 3 rings (SSSR count). The number of imidazole rings is 2. The Morgan fingerprint density at radius 1 is 1.36 bits per heavy atom. The molecular formula is C18H22ClN5O. The van der Waals surface area contributed by atoms with E-state index in [1.807, 2.05) is 29.8 Å². The van der Waals surface area contributed by atoms with Crippen LogP contribution in [0.5, 0.6) is 0 Å². The fourth-order valence-electron chi connectivity index (χ4n) is 2.95. The molecule has 3 aromatic rings. The molecule has 132 valence electrons. The lowest BCUT2D eigenvalue weighted by molar-refractivity contribution is -0.133. The van der Waals surface area contributed by atoms with Gasteiger partial charge in [0.1, 0.15) is 17.7 Å². The number of rotatable bonds is 5. The minimum absolute atomic E-state index is 0.0124. The molecule has 0 bridgehead atoms. The molecule has 0 saturated heterocycles. The molecule has 1 amide bonds. The molecule has 0 spiro atoms. The van der Waals surface area contributed by atoms with Gasteiger partial charge in [-0.3, -0.25) is 4.79 Å². The molecule has 0 saturated carbocycles. The van der Waals surface area contributed by atoms with Crippen molar-refractivity contribution in [1.29, 1.82) is 0 Å². The van der Waals surface area contributed by atoms with Crippen molar-refractivity contribution in [2.24, 2.45) is 0 Å². The molecule has 2 aromatic heterocycles. The number of hydrogen-bond acceptors (Lipinski definition) is 3. The van der Waals surface area contributed by atoms with Crippen molar-refractivity contribution < 1.29 is 4.79 Å². The molecule has 0 radical (unpaired) electrons. The summed E-state index contributed by atoms with van der Waals surface area (Å²) in [6.45, 7) is 6.44. The van der Waals surface area contributed by atoms with Crippen LogP contribution < -0.4 is 0 Å². The molecule has 2 heterocycles. The van der Waals surface area contributed by atoms with Crippen LogP contribution in [0.3, 0.4) is 0 Å². The highest BCUT2D eigenvalue weighted by Gasteiger charge is 2.23. The number of benzene rings is 1. The van der Waals surface area contributed by atoms with Gasteiger partial charge in [-0.05, 0) is 25.1 Å². The Morgan fingerprint density at radius 2 is 2.12 bits per heavy atom. The minimum atomic E-state index is -0.316. The second kappa shape index (κ2) is 6.88. The molecule has 0 aliphatic heterocycles. The van der Waals surface area contributed by atoms with E-state index in [0.29, 0.717) is 11.6 Å². The second-order valence-corrected chi connectivity index (χ2v) is 7.00. The molecule has 1 N–H and O–H groups in total. The van der Waals surface area contributed by atoms with Crippen LogP contribution in [0.2, 0.25) is 5.02 Å². The summed E-state index contributed by atoms with van der Waals surface area (Å²) in [4.78, 5) is 26.6. The molecule has 0 fully saturated rings. The summed E-state index contributed by atoms with van der Waals surface area (Å²) in [5.41, 5.74) is 1.71. The Balaban J connectivity index is 1.76. The van der Waals surface area contributed by atoms with Crippen molar-refractivity contribution in [2.75, 3.05) is 7.05 Å². The lowest BCUT2D eigenvalue weighted by atomic mass is 10.2. The van der Waals surface area contributed by atoms with E-state index in [1.54, 1.807) is 24.2 Å². The van der Waals surface area contributed by atoms with Crippen molar-refractivity contribution in [3.8, 4) is 0 Å². The largest absolute Gasteiger partial charge is 0.340 e. The van der Waals surface area contributed by atoms with Gasteiger partial charge in [-0.25, -0.2) is 9.97 Å². The lowest BCUT2D eigenvalue weighted by Crippen LogP contribution is -2.33. The molecule has 1 aromatic carbocycles. The maximum absolute atomic E-state index is 12.8. The highest BCUT2D eigenvalue weighted by atomic mass is 35.5. The third-order valence-corrected chi connectivity index (χ3v) is 4.48. The number of halogens is 1. The van der Waals surface area contributed by atoms with E-state index in [2.05, 4.69) is 28.8 Å². The van der Waals surface area contributed by atoms with E-state index in [-0.39, 0.29) is 17.9 Å². The predicted molar refractivity (Wildman–Crippen MR) is 98.6 cm³/mol. The summed E-state index contributed by atoms with van der Waals surface area (Å²) in [7, 11) is 1.78. The number of carbonyl (C=O) groups excluding carboxylic acids is 1. The zero-order valence-corrected chi connectivity index (χ0v) is 15.6. The molecule has 7 heteroatoms. The maximum Gasteiger partial charge on any atom is 0.245 e. The molecule has 0 aliphatic carbocycles. The molecule has 25 heavy (non-hydrogen) atoms. The summed E-state index contributed by atoms with van der Waals surface area (Å²) < 4.78 is 1.93. The Bertz CT molecular complexity index is 898. The van der Waals surface area contributed by atoms with Gasteiger partial charge in [0.25, 0.3) is 0 Å². The van der Waals surface area contributed by atoms with E-state index < -0.39 is 0 Å². The summed E-state index contributed by atoms with van der Waals surface area (Å²) in [6, 6.07) is 5.18. The highest BCUT2D eigenvalue weighted by Crippen LogP contribution is 2.20. The molecule has 6 nitrogen and oxygen atoms in total. The van der Waals surface area contributed by atoms with Crippen LogP contribution in [0, 0.1) is 0 Å². The Labute approximate surface area is 151 Å². The van der Waals surface area contributed by atoms with Crippen LogP contribution in [-0.4, -0.2) is 37.4 Å². The highest BCUT2D eigenvalue weighted by molar-refractivity contribution is 6.31. The van der Waals surface area contributed by atoms with Gasteiger partial charge in [0, 0.05) is 30.4 Å². The Morgan fingerprint density at radius 3 is 2.84 bits per heavy atom. The van der Waals surface area contributed by atoms with Gasteiger partial charge in [-0.1, -0.05) is 25.4 Å². The molecular weight excluding hydrogens is 338 g/mol. The molecule has 1 atom stereocenters. The summed E-state index contributed by atoms with van der Waals surface area (Å²) >= 11 is 6.00. The van der Waals surface area contributed by atoms with Crippen LogP contribution in [0.15, 0.2) is 30.6 Å². The number of fused-ring (bicyclic) bond motifs is 1. The zero-order chi connectivity index (χ0) is 18.1. The third-order valence-electron chi connectivity index (χ3n) is 4.25. The SMILES string of the molecule is CC(C)c1nccn1[C@@H](C)C(=O)N(C)Cc1nc2ccc(Cl)cc2[nH]1. The van der Waals surface area contributed by atoms with E-state index in [4.69, 9.17) is 11.6 Å². The summed E-state index contributed by atoms with van der Waals surface area (Å²) in [5, 5.41) is 0.655. The van der Waals surface area contributed by atoms with Crippen LogP contribution in [0.25, 0.3) is 11.0 Å². The first-order valence-corrected chi connectivity index (χ1v) is 8.66. The van der Waals surface area contributed by atoms with Crippen molar-refractivity contribution in [3.63, 3.8) is 0 Å². The van der Waals surface area contributed by atoms with Crippen molar-refractivity contribution in [3.05, 3.63) is 47.3 Å². The summed E-state index contributed by atoms with van der Waals surface area (Å²) in [5.74, 6) is 1.91. The van der Waals surface area contributed by atoms with Gasteiger partial charge in [0.05, 0.1) is 17.6 Å². The van der Waals surface area contributed by atoms with Crippen LogP contribution in [-0.2, 0) is 11.3 Å². The quantitative estimate of drug-likeness (QED) is 0.754. The lowest BCUT2D eigenvalue weighted by Gasteiger charge is -2.23. The Kier molecular flexibility index (Phi) is 4.81. The van der Waals surface area contributed by atoms with Crippen molar-refractivity contribution in [1.82, 2.24) is 24.4 Å². The zero-order valence-electron chi connectivity index (χ0n) is 14.8. The number of H-pyrrole nitrogens is 1. The minimum Gasteiger partial charge on any atom is -0.340 e. The van der Waals surface area contributed by atoms with Crippen molar-refractivity contribution >= 4 is 28.5 Å². The number of aromatic nitrogens is 4. The second-order valence-electron chi connectivity index (χ2n) is 6.56. The monoisotopic (exact) mass is 359 g/mol. The number of likely N-dealkylation sites (N-methyl/N-ethyl adjacent to an activating group) is 1. The number of hydrogen-bond donors (Lipinski definition) is 1. The van der Waals surface area contributed by atoms with Crippen LogP contribution in [0.4, 0.5) is 0 Å². The first-order chi connectivity index (χ1) is 11.9. The number of nitrogens with zero attached hydrogens (tertiary/aromatic N) is 4. The smallest absolute Gasteiger partial charge is 0.245 e. The average molecular weight is 360 g/mol. The standard InChI is InChI=1S/C18H22ClN5O/c1-11(2)17-20-7-8-24(17)12(3)18(25)23(4)10-16-21-14-6-5-13(19)9-15(14)22-16/h5-9,11-12H,10H2,1-4H3,(H,21,22)/t12-/m0/s1. The van der Waals surface area contributed by atoms with Gasteiger partial charge in [-0.15, -0.1) is 0 Å². The van der Waals surface area contributed by atoms with Gasteiger partial charge < -0.3 is 14.5 Å². The van der Waals surface area contributed by atoms with Crippen molar-refractivity contribution in [2.45, 2.75) is 39.3 Å². The van der Waals surface area contributed by atoms with Crippen LogP contribution >= 0.6 is 11.6 Å². The number of nitrogens with one attached hydrogen (secondary N) is 1. The first kappa shape index (κ1) is 17.5. The molecule has 0 unspecified atom stereocenters. The maximum atomic E-state index is 12.8. The summed E-state index contributed by atoms with van der Waals surface area (Å²) in [6.07, 6.45) is 3.59. The van der Waals surface area contributed by atoms with E-state index >= 15 is 0 Å². The van der Waals surface area contributed by atoms with Gasteiger partial charge in [0.15, 0.2) is 0 Å². The fraction of sp³-hybridized carbons (Fsp3) is 0.389. The fourth-order valence-corrected chi connectivity index (χ4v) is 3.12. The van der Waals surface area contributed by atoms with Gasteiger partial charge in [0.2, 0.25) is 5.91 Å². The predicted octanol–water partition coefficient (Wildman–Crippen LogP) is 3.76. The number of aromatic amines is 1. The Hall–Kier alpha value is -2.34. The topological polar surface area (TPSA) is 66.8 Å². The van der Waals surface area contributed by atoms with E-state index in [9.17, 15) is 4.79 Å². The van der Waals surface area contributed by atoms with Gasteiger partial charge in [-0.2, -0.15) is 0 Å². The third kappa shape index (κ3) is 3.54. The number of carbonyl (C=O) groups is 1.